The maximum absolute atomic E-state index is 11.4. The molecule has 1 saturated heterocycles. The van der Waals surface area contributed by atoms with Crippen LogP contribution in [0.25, 0.3) is 0 Å². The lowest BCUT2D eigenvalue weighted by molar-refractivity contribution is 0.600. The first-order valence-corrected chi connectivity index (χ1v) is 7.85. The van der Waals surface area contributed by atoms with E-state index in [4.69, 9.17) is 5.73 Å². The van der Waals surface area contributed by atoms with Gasteiger partial charge in [0.25, 0.3) is 0 Å². The SMILES string of the molecule is CN(c1ncc(N)cc1Br)C1CCS(=O)(=O)C1. The summed E-state index contributed by atoms with van der Waals surface area (Å²) in [4.78, 5) is 6.13. The molecule has 5 nitrogen and oxygen atoms in total. The van der Waals surface area contributed by atoms with Crippen molar-refractivity contribution in [3.8, 4) is 0 Å². The molecule has 2 N–H and O–H groups in total. The number of nitrogens with two attached hydrogens (primary N) is 1. The van der Waals surface area contributed by atoms with E-state index >= 15 is 0 Å². The summed E-state index contributed by atoms with van der Waals surface area (Å²) >= 11 is 3.39. The van der Waals surface area contributed by atoms with E-state index < -0.39 is 9.84 Å². The third kappa shape index (κ3) is 2.71. The van der Waals surface area contributed by atoms with E-state index in [9.17, 15) is 8.42 Å². The molecular formula is C10H14BrN3O2S. The Hall–Kier alpha value is -0.820. The third-order valence-corrected chi connectivity index (χ3v) is 5.27. The second-order valence-electron chi connectivity index (χ2n) is 4.24. The number of nitrogens with zero attached hydrogens (tertiary/aromatic N) is 2. The summed E-state index contributed by atoms with van der Waals surface area (Å²) in [7, 11) is -1.02. The number of hydrogen-bond acceptors (Lipinski definition) is 5. The van der Waals surface area contributed by atoms with Gasteiger partial charge >= 0.3 is 0 Å². The minimum absolute atomic E-state index is 0.00701. The summed E-state index contributed by atoms with van der Waals surface area (Å²) in [6.07, 6.45) is 2.22. The predicted octanol–water partition coefficient (Wildman–Crippen LogP) is 1.05. The van der Waals surface area contributed by atoms with E-state index in [2.05, 4.69) is 20.9 Å². The lowest BCUT2D eigenvalue weighted by atomic mass is 10.2. The van der Waals surface area contributed by atoms with Crippen LogP contribution in [0.2, 0.25) is 0 Å². The molecule has 0 amide bonds. The Morgan fingerprint density at radius 1 is 1.59 bits per heavy atom. The lowest BCUT2D eigenvalue weighted by Crippen LogP contribution is -2.33. The van der Waals surface area contributed by atoms with Crippen molar-refractivity contribution >= 4 is 37.3 Å². The van der Waals surface area contributed by atoms with E-state index in [0.717, 1.165) is 10.3 Å². The highest BCUT2D eigenvalue weighted by Crippen LogP contribution is 2.28. The van der Waals surface area contributed by atoms with Crippen LogP contribution in [0.5, 0.6) is 0 Å². The fourth-order valence-corrected chi connectivity index (χ4v) is 4.38. The quantitative estimate of drug-likeness (QED) is 0.881. The van der Waals surface area contributed by atoms with Gasteiger partial charge in [-0.15, -0.1) is 0 Å². The average molecular weight is 320 g/mol. The van der Waals surface area contributed by atoms with Crippen molar-refractivity contribution in [2.75, 3.05) is 29.2 Å². The molecule has 1 aliphatic rings. The molecule has 2 rings (SSSR count). The van der Waals surface area contributed by atoms with Gasteiger partial charge in [-0.1, -0.05) is 0 Å². The van der Waals surface area contributed by atoms with E-state index in [0.29, 0.717) is 12.1 Å². The van der Waals surface area contributed by atoms with Crippen LogP contribution in [-0.4, -0.2) is 38.0 Å². The molecule has 0 aromatic carbocycles. The number of sulfone groups is 1. The lowest BCUT2D eigenvalue weighted by Gasteiger charge is -2.25. The highest BCUT2D eigenvalue weighted by Gasteiger charge is 2.31. The number of hydrogen-bond donors (Lipinski definition) is 1. The Labute approximate surface area is 109 Å². The molecule has 94 valence electrons. The average Bonchev–Trinajstić information content (AvgIpc) is 2.58. The van der Waals surface area contributed by atoms with Gasteiger partial charge in [-0.05, 0) is 28.4 Å². The number of rotatable bonds is 2. The van der Waals surface area contributed by atoms with Crippen molar-refractivity contribution in [1.82, 2.24) is 4.98 Å². The van der Waals surface area contributed by atoms with Gasteiger partial charge < -0.3 is 10.6 Å². The molecule has 7 heteroatoms. The first-order valence-electron chi connectivity index (χ1n) is 5.23. The number of pyridine rings is 1. The smallest absolute Gasteiger partial charge is 0.152 e. The van der Waals surface area contributed by atoms with Crippen molar-refractivity contribution in [2.24, 2.45) is 0 Å². The minimum Gasteiger partial charge on any atom is -0.397 e. The van der Waals surface area contributed by atoms with Crippen LogP contribution in [0.4, 0.5) is 11.5 Å². The summed E-state index contributed by atoms with van der Waals surface area (Å²) in [6.45, 7) is 0. The Morgan fingerprint density at radius 2 is 2.29 bits per heavy atom. The van der Waals surface area contributed by atoms with Gasteiger partial charge in [-0.2, -0.15) is 0 Å². The summed E-state index contributed by atoms with van der Waals surface area (Å²) in [6, 6.07) is 1.76. The van der Waals surface area contributed by atoms with Gasteiger partial charge in [0.05, 0.1) is 27.9 Å². The van der Waals surface area contributed by atoms with E-state index in [1.165, 1.54) is 0 Å². The molecule has 0 aliphatic carbocycles. The molecule has 1 fully saturated rings. The van der Waals surface area contributed by atoms with Crippen LogP contribution in [0.15, 0.2) is 16.7 Å². The maximum Gasteiger partial charge on any atom is 0.152 e. The molecule has 1 unspecified atom stereocenters. The molecule has 2 heterocycles. The normalized spacial score (nSPS) is 22.6. The summed E-state index contributed by atoms with van der Waals surface area (Å²) in [5.41, 5.74) is 6.19. The number of halogens is 1. The van der Waals surface area contributed by atoms with Crippen LogP contribution in [-0.2, 0) is 9.84 Å². The Bertz CT molecular complexity index is 532. The highest BCUT2D eigenvalue weighted by atomic mass is 79.9. The maximum atomic E-state index is 11.4. The van der Waals surface area contributed by atoms with E-state index in [1.807, 2.05) is 11.9 Å². The molecule has 0 radical (unpaired) electrons. The Balaban J connectivity index is 2.23. The van der Waals surface area contributed by atoms with Crippen molar-refractivity contribution in [3.05, 3.63) is 16.7 Å². The molecular weight excluding hydrogens is 306 g/mol. The zero-order chi connectivity index (χ0) is 12.6. The molecule has 17 heavy (non-hydrogen) atoms. The van der Waals surface area contributed by atoms with Crippen LogP contribution >= 0.6 is 15.9 Å². The minimum atomic E-state index is -2.88. The molecule has 0 spiro atoms. The molecule has 0 saturated carbocycles. The largest absolute Gasteiger partial charge is 0.397 e. The number of aromatic nitrogens is 1. The van der Waals surface area contributed by atoms with Gasteiger partial charge in [-0.25, -0.2) is 13.4 Å². The fourth-order valence-electron chi connectivity index (χ4n) is 1.96. The molecule has 1 aromatic rings. The second-order valence-corrected chi connectivity index (χ2v) is 7.32. The summed E-state index contributed by atoms with van der Waals surface area (Å²) in [5, 5.41) is 0. The molecule has 0 bridgehead atoms. The van der Waals surface area contributed by atoms with Crippen LogP contribution in [0, 0.1) is 0 Å². The fraction of sp³-hybridized carbons (Fsp3) is 0.500. The van der Waals surface area contributed by atoms with Crippen molar-refractivity contribution in [3.63, 3.8) is 0 Å². The van der Waals surface area contributed by atoms with Gasteiger partial charge in [0, 0.05) is 13.1 Å². The first-order chi connectivity index (χ1) is 7.89. The number of nitrogen functional groups attached to an aromatic ring is 1. The van der Waals surface area contributed by atoms with Gasteiger partial charge in [0.15, 0.2) is 9.84 Å². The molecule has 1 aliphatic heterocycles. The van der Waals surface area contributed by atoms with Crippen molar-refractivity contribution in [1.29, 1.82) is 0 Å². The highest BCUT2D eigenvalue weighted by molar-refractivity contribution is 9.10. The van der Waals surface area contributed by atoms with E-state index in [1.54, 1.807) is 12.3 Å². The zero-order valence-electron chi connectivity index (χ0n) is 9.43. The first kappa shape index (κ1) is 12.6. The topological polar surface area (TPSA) is 76.3 Å². The zero-order valence-corrected chi connectivity index (χ0v) is 11.8. The van der Waals surface area contributed by atoms with E-state index in [-0.39, 0.29) is 17.5 Å². The number of anilines is 2. The monoisotopic (exact) mass is 319 g/mol. The standard InChI is InChI=1S/C10H14BrN3O2S/c1-14(8-2-3-17(15,16)6-8)10-9(11)4-7(12)5-13-10/h4-5,8H,2-3,6,12H2,1H3. The van der Waals surface area contributed by atoms with Crippen LogP contribution in [0.3, 0.4) is 0 Å². The summed E-state index contributed by atoms with van der Waals surface area (Å²) < 4.78 is 23.7. The molecule has 1 atom stereocenters. The Kier molecular flexibility index (Phi) is 3.31. The molecule has 1 aromatic heterocycles. The van der Waals surface area contributed by atoms with Crippen molar-refractivity contribution in [2.45, 2.75) is 12.5 Å². The van der Waals surface area contributed by atoms with Crippen molar-refractivity contribution < 1.29 is 8.42 Å². The Morgan fingerprint density at radius 3 is 2.82 bits per heavy atom. The van der Waals surface area contributed by atoms with Gasteiger partial charge in [-0.3, -0.25) is 0 Å². The third-order valence-electron chi connectivity index (χ3n) is 2.93. The predicted molar refractivity (Wildman–Crippen MR) is 71.8 cm³/mol. The second kappa shape index (κ2) is 4.45. The summed E-state index contributed by atoms with van der Waals surface area (Å²) in [5.74, 6) is 1.18. The van der Waals surface area contributed by atoms with Gasteiger partial charge in [0.1, 0.15) is 5.82 Å². The van der Waals surface area contributed by atoms with Gasteiger partial charge in [0.2, 0.25) is 0 Å². The van der Waals surface area contributed by atoms with Crippen LogP contribution in [0.1, 0.15) is 6.42 Å². The van der Waals surface area contributed by atoms with Crippen LogP contribution < -0.4 is 10.6 Å².